The van der Waals surface area contributed by atoms with Crippen molar-refractivity contribution in [2.75, 3.05) is 6.54 Å². The summed E-state index contributed by atoms with van der Waals surface area (Å²) in [7, 11) is 0. The minimum Gasteiger partial charge on any atom is -0.480 e. The van der Waals surface area contributed by atoms with Crippen LogP contribution in [-0.4, -0.2) is 34.1 Å². The van der Waals surface area contributed by atoms with Crippen molar-refractivity contribution in [2.45, 2.75) is 65.0 Å². The lowest BCUT2D eigenvalue weighted by molar-refractivity contribution is -0.155. The molecule has 1 aliphatic heterocycles. The topological polar surface area (TPSA) is 40.5 Å². The van der Waals surface area contributed by atoms with Crippen molar-refractivity contribution in [2.24, 2.45) is 5.92 Å². The minimum absolute atomic E-state index is 0.376. The van der Waals surface area contributed by atoms with Gasteiger partial charge in [0, 0.05) is 6.04 Å². The molecule has 0 aromatic carbocycles. The number of hydrogen-bond acceptors (Lipinski definition) is 2. The summed E-state index contributed by atoms with van der Waals surface area (Å²) in [4.78, 5) is 13.7. The molecule has 3 nitrogen and oxygen atoms in total. The Hall–Kier alpha value is -0.570. The van der Waals surface area contributed by atoms with Gasteiger partial charge >= 0.3 is 5.97 Å². The predicted octanol–water partition coefficient (Wildman–Crippen LogP) is 2.75. The number of piperidine rings is 1. The summed E-state index contributed by atoms with van der Waals surface area (Å²) < 4.78 is 0. The Morgan fingerprint density at radius 2 is 2.12 bits per heavy atom. The number of carbonyl (C=O) groups is 1. The Bertz CT molecular complexity index is 254. The zero-order valence-corrected chi connectivity index (χ0v) is 11.0. The van der Waals surface area contributed by atoms with Gasteiger partial charge in [0.15, 0.2) is 0 Å². The summed E-state index contributed by atoms with van der Waals surface area (Å²) in [6.45, 7) is 9.26. The molecule has 0 aliphatic carbocycles. The molecule has 3 atom stereocenters. The maximum atomic E-state index is 11.5. The maximum Gasteiger partial charge on any atom is 0.323 e. The van der Waals surface area contributed by atoms with Crippen molar-refractivity contribution in [3.63, 3.8) is 0 Å². The number of carboxylic acids is 1. The summed E-state index contributed by atoms with van der Waals surface area (Å²) in [5.41, 5.74) is -0.678. The molecule has 1 aliphatic rings. The highest BCUT2D eigenvalue weighted by atomic mass is 16.4. The summed E-state index contributed by atoms with van der Waals surface area (Å²) in [5.74, 6) is -0.0698. The van der Waals surface area contributed by atoms with Crippen LogP contribution in [0.3, 0.4) is 0 Å². The molecule has 0 amide bonds. The molecule has 1 heterocycles. The summed E-state index contributed by atoms with van der Waals surface area (Å²) in [5, 5.41) is 9.48. The average Bonchev–Trinajstić information content (AvgIpc) is 2.22. The molecule has 0 saturated carbocycles. The third kappa shape index (κ3) is 2.40. The second kappa shape index (κ2) is 5.17. The van der Waals surface area contributed by atoms with Crippen molar-refractivity contribution in [1.82, 2.24) is 4.90 Å². The smallest absolute Gasteiger partial charge is 0.323 e. The first-order valence-corrected chi connectivity index (χ1v) is 6.43. The molecule has 16 heavy (non-hydrogen) atoms. The number of likely N-dealkylation sites (tertiary alicyclic amines) is 1. The van der Waals surface area contributed by atoms with Gasteiger partial charge in [0.1, 0.15) is 5.54 Å². The van der Waals surface area contributed by atoms with Crippen LogP contribution in [0, 0.1) is 5.92 Å². The zero-order valence-electron chi connectivity index (χ0n) is 11.0. The summed E-state index contributed by atoms with van der Waals surface area (Å²) in [6.07, 6.45) is 4.00. The Kier molecular flexibility index (Phi) is 4.36. The number of nitrogens with zero attached hydrogens (tertiary/aromatic N) is 1. The fourth-order valence-corrected chi connectivity index (χ4v) is 2.89. The number of hydrogen-bond donors (Lipinski definition) is 1. The quantitative estimate of drug-likeness (QED) is 0.803. The summed E-state index contributed by atoms with van der Waals surface area (Å²) in [6, 6.07) is 0.376. The van der Waals surface area contributed by atoms with Gasteiger partial charge in [-0.25, -0.2) is 0 Å². The van der Waals surface area contributed by atoms with Crippen LogP contribution in [-0.2, 0) is 4.79 Å². The van der Waals surface area contributed by atoms with Gasteiger partial charge in [-0.15, -0.1) is 0 Å². The number of aliphatic carboxylic acids is 1. The molecule has 0 radical (unpaired) electrons. The maximum absolute atomic E-state index is 11.5. The van der Waals surface area contributed by atoms with Gasteiger partial charge in [-0.3, -0.25) is 9.69 Å². The first-order chi connectivity index (χ1) is 7.43. The monoisotopic (exact) mass is 227 g/mol. The molecule has 94 valence electrons. The predicted molar refractivity (Wildman–Crippen MR) is 65.5 cm³/mol. The van der Waals surface area contributed by atoms with Gasteiger partial charge in [0.05, 0.1) is 0 Å². The van der Waals surface area contributed by atoms with Crippen molar-refractivity contribution in [3.05, 3.63) is 0 Å². The highest BCUT2D eigenvalue weighted by Crippen LogP contribution is 2.32. The van der Waals surface area contributed by atoms with Crippen molar-refractivity contribution >= 4 is 5.97 Å². The molecular weight excluding hydrogens is 202 g/mol. The third-order valence-corrected chi connectivity index (χ3v) is 4.21. The van der Waals surface area contributed by atoms with Gasteiger partial charge in [-0.05, 0) is 45.6 Å². The molecule has 3 unspecified atom stereocenters. The van der Waals surface area contributed by atoms with E-state index in [0.29, 0.717) is 12.0 Å². The lowest BCUT2D eigenvalue weighted by Crippen LogP contribution is -2.59. The normalized spacial score (nSPS) is 31.0. The molecule has 1 fully saturated rings. The minimum atomic E-state index is -0.678. The van der Waals surface area contributed by atoms with E-state index >= 15 is 0 Å². The van der Waals surface area contributed by atoms with Crippen molar-refractivity contribution in [1.29, 1.82) is 0 Å². The molecule has 0 spiro atoms. The van der Waals surface area contributed by atoms with E-state index in [0.717, 1.165) is 25.8 Å². The number of rotatable bonds is 4. The van der Waals surface area contributed by atoms with Crippen molar-refractivity contribution < 1.29 is 9.90 Å². The first kappa shape index (κ1) is 13.5. The Balaban J connectivity index is 2.89. The second-order valence-electron chi connectivity index (χ2n) is 5.38. The Morgan fingerprint density at radius 1 is 1.50 bits per heavy atom. The molecule has 0 aromatic rings. The van der Waals surface area contributed by atoms with Crippen LogP contribution >= 0.6 is 0 Å². The van der Waals surface area contributed by atoms with E-state index in [-0.39, 0.29) is 0 Å². The standard InChI is InChI=1S/C13H25NO2/c1-5-8-13(4,12(15)16)14-9-6-7-10(2)11(14)3/h10-11H,5-9H2,1-4H3,(H,15,16). The molecule has 1 rings (SSSR count). The average molecular weight is 227 g/mol. The highest BCUT2D eigenvalue weighted by Gasteiger charge is 2.43. The highest BCUT2D eigenvalue weighted by molar-refractivity contribution is 5.78. The summed E-state index contributed by atoms with van der Waals surface area (Å²) >= 11 is 0. The lowest BCUT2D eigenvalue weighted by atomic mass is 9.84. The molecule has 0 aromatic heterocycles. The van der Waals surface area contributed by atoms with Gasteiger partial charge in [0.2, 0.25) is 0 Å². The van der Waals surface area contributed by atoms with E-state index < -0.39 is 11.5 Å². The second-order valence-corrected chi connectivity index (χ2v) is 5.38. The Morgan fingerprint density at radius 3 is 2.62 bits per heavy atom. The van der Waals surface area contributed by atoms with Crippen LogP contribution in [0.15, 0.2) is 0 Å². The van der Waals surface area contributed by atoms with Crippen LogP contribution in [0.1, 0.15) is 53.4 Å². The van der Waals surface area contributed by atoms with E-state index in [1.807, 2.05) is 6.92 Å². The van der Waals surface area contributed by atoms with E-state index in [4.69, 9.17) is 0 Å². The van der Waals surface area contributed by atoms with Crippen LogP contribution in [0.5, 0.6) is 0 Å². The van der Waals surface area contributed by atoms with E-state index in [2.05, 4.69) is 25.7 Å². The molecule has 3 heteroatoms. The third-order valence-electron chi connectivity index (χ3n) is 4.21. The van der Waals surface area contributed by atoms with E-state index in [1.54, 1.807) is 0 Å². The first-order valence-electron chi connectivity index (χ1n) is 6.43. The van der Waals surface area contributed by atoms with Crippen LogP contribution < -0.4 is 0 Å². The SMILES string of the molecule is CCCC(C)(C(=O)O)N1CCCC(C)C1C. The molecular formula is C13H25NO2. The van der Waals surface area contributed by atoms with Crippen LogP contribution in [0.25, 0.3) is 0 Å². The number of carboxylic acid groups (broad SMARTS) is 1. The Labute approximate surface area is 98.8 Å². The van der Waals surface area contributed by atoms with E-state index in [9.17, 15) is 9.90 Å². The fourth-order valence-electron chi connectivity index (χ4n) is 2.89. The molecule has 0 bridgehead atoms. The van der Waals surface area contributed by atoms with Gasteiger partial charge in [-0.2, -0.15) is 0 Å². The van der Waals surface area contributed by atoms with Crippen molar-refractivity contribution in [3.8, 4) is 0 Å². The zero-order chi connectivity index (χ0) is 12.3. The van der Waals surface area contributed by atoms with Gasteiger partial charge in [-0.1, -0.05) is 20.3 Å². The van der Waals surface area contributed by atoms with Crippen LogP contribution in [0.4, 0.5) is 0 Å². The molecule has 1 saturated heterocycles. The van der Waals surface area contributed by atoms with Gasteiger partial charge in [0.25, 0.3) is 0 Å². The fraction of sp³-hybridized carbons (Fsp3) is 0.923. The van der Waals surface area contributed by atoms with Gasteiger partial charge < -0.3 is 5.11 Å². The van der Waals surface area contributed by atoms with E-state index in [1.165, 1.54) is 6.42 Å². The largest absolute Gasteiger partial charge is 0.480 e. The molecule has 1 N–H and O–H groups in total. The lowest BCUT2D eigenvalue weighted by Gasteiger charge is -2.47. The van der Waals surface area contributed by atoms with Crippen LogP contribution in [0.2, 0.25) is 0 Å².